The van der Waals surface area contributed by atoms with Crippen molar-refractivity contribution in [1.29, 1.82) is 0 Å². The summed E-state index contributed by atoms with van der Waals surface area (Å²) in [6.45, 7) is 0.590. The van der Waals surface area contributed by atoms with E-state index in [4.69, 9.17) is 0 Å². The maximum Gasteiger partial charge on any atom is 0.322 e. The van der Waals surface area contributed by atoms with Crippen LogP contribution >= 0.6 is 0 Å². The fourth-order valence-electron chi connectivity index (χ4n) is 3.10. The Morgan fingerprint density at radius 1 is 1.15 bits per heavy atom. The van der Waals surface area contributed by atoms with Crippen molar-refractivity contribution in [3.8, 4) is 11.4 Å². The molecule has 2 amide bonds. The first kappa shape index (κ1) is 17.0. The van der Waals surface area contributed by atoms with E-state index < -0.39 is 5.82 Å². The van der Waals surface area contributed by atoms with Gasteiger partial charge in [0.25, 0.3) is 5.56 Å². The number of nitrogens with one attached hydrogen (secondary N) is 2. The molecule has 0 radical (unpaired) electrons. The van der Waals surface area contributed by atoms with Gasteiger partial charge < -0.3 is 15.2 Å². The minimum Gasteiger partial charge on any atom is -0.320 e. The van der Waals surface area contributed by atoms with Gasteiger partial charge in [-0.15, -0.1) is 0 Å². The average molecular weight is 364 g/mol. The maximum absolute atomic E-state index is 13.3. The summed E-state index contributed by atoms with van der Waals surface area (Å²) < 4.78 is 13.3. The molecule has 0 atom stereocenters. The fraction of sp³-hybridized carbons (Fsp3) is 0.150. The van der Waals surface area contributed by atoms with Gasteiger partial charge in [-0.3, -0.25) is 4.79 Å². The van der Waals surface area contributed by atoms with Crippen LogP contribution in [0.3, 0.4) is 0 Å². The van der Waals surface area contributed by atoms with Gasteiger partial charge in [0, 0.05) is 24.2 Å². The number of nitrogens with zero attached hydrogens (tertiary/aromatic N) is 2. The number of aromatic nitrogens is 2. The molecule has 0 saturated heterocycles. The van der Waals surface area contributed by atoms with Crippen molar-refractivity contribution in [2.45, 2.75) is 13.0 Å². The van der Waals surface area contributed by atoms with E-state index in [1.54, 1.807) is 6.07 Å². The van der Waals surface area contributed by atoms with E-state index in [9.17, 15) is 14.0 Å². The van der Waals surface area contributed by atoms with Crippen molar-refractivity contribution in [2.24, 2.45) is 0 Å². The molecular formula is C20H17FN4O2. The first-order chi connectivity index (χ1) is 13.1. The van der Waals surface area contributed by atoms with Crippen LogP contribution in [0.1, 0.15) is 11.3 Å². The molecule has 136 valence electrons. The van der Waals surface area contributed by atoms with E-state index >= 15 is 0 Å². The number of amides is 2. The molecule has 2 heterocycles. The zero-order chi connectivity index (χ0) is 18.8. The number of aromatic amines is 1. The summed E-state index contributed by atoms with van der Waals surface area (Å²) in [7, 11) is 0. The first-order valence-corrected chi connectivity index (χ1v) is 8.59. The molecule has 3 aromatic rings. The Morgan fingerprint density at radius 2 is 1.96 bits per heavy atom. The second-order valence-corrected chi connectivity index (χ2v) is 6.32. The zero-order valence-corrected chi connectivity index (χ0v) is 14.4. The third kappa shape index (κ3) is 3.57. The van der Waals surface area contributed by atoms with Gasteiger partial charge in [0.2, 0.25) is 0 Å². The number of benzene rings is 2. The molecule has 2 aromatic carbocycles. The molecule has 6 nitrogen and oxygen atoms in total. The molecule has 0 aliphatic carbocycles. The van der Waals surface area contributed by atoms with E-state index in [-0.39, 0.29) is 18.1 Å². The number of urea groups is 1. The second-order valence-electron chi connectivity index (χ2n) is 6.32. The van der Waals surface area contributed by atoms with Gasteiger partial charge in [0.15, 0.2) is 0 Å². The van der Waals surface area contributed by atoms with Crippen molar-refractivity contribution < 1.29 is 9.18 Å². The molecule has 1 aliphatic rings. The standard InChI is InChI=1S/C20H17FN4O2/c21-14-7-4-8-15(11-14)22-20(27)25-10-9-17-16(12-25)19(26)24-18(23-17)13-5-2-1-3-6-13/h1-8,11H,9-10,12H2,(H,22,27)(H,23,24,26). The summed E-state index contributed by atoms with van der Waals surface area (Å²) in [5, 5.41) is 2.65. The summed E-state index contributed by atoms with van der Waals surface area (Å²) in [5.41, 5.74) is 2.14. The topological polar surface area (TPSA) is 78.1 Å². The highest BCUT2D eigenvalue weighted by Crippen LogP contribution is 2.19. The van der Waals surface area contributed by atoms with Crippen LogP contribution < -0.4 is 10.9 Å². The van der Waals surface area contributed by atoms with E-state index in [0.717, 1.165) is 5.56 Å². The van der Waals surface area contributed by atoms with Crippen molar-refractivity contribution >= 4 is 11.7 Å². The number of H-pyrrole nitrogens is 1. The lowest BCUT2D eigenvalue weighted by Crippen LogP contribution is -2.41. The quantitative estimate of drug-likeness (QED) is 0.733. The van der Waals surface area contributed by atoms with Gasteiger partial charge in [-0.05, 0) is 18.2 Å². The number of carbonyl (C=O) groups excluding carboxylic acids is 1. The van der Waals surface area contributed by atoms with Crippen LogP contribution in [0.2, 0.25) is 0 Å². The van der Waals surface area contributed by atoms with Gasteiger partial charge in [-0.1, -0.05) is 36.4 Å². The molecule has 0 fully saturated rings. The Hall–Kier alpha value is -3.48. The normalized spacial score (nSPS) is 13.1. The summed E-state index contributed by atoms with van der Waals surface area (Å²) >= 11 is 0. The number of carbonyl (C=O) groups is 1. The molecule has 2 N–H and O–H groups in total. The molecule has 1 aliphatic heterocycles. The lowest BCUT2D eigenvalue weighted by molar-refractivity contribution is 0.205. The van der Waals surface area contributed by atoms with Crippen LogP contribution in [0.15, 0.2) is 59.4 Å². The highest BCUT2D eigenvalue weighted by Gasteiger charge is 2.24. The van der Waals surface area contributed by atoms with Crippen molar-refractivity contribution in [2.75, 3.05) is 11.9 Å². The Labute approximate surface area is 154 Å². The molecule has 7 heteroatoms. The average Bonchev–Trinajstić information content (AvgIpc) is 2.68. The number of fused-ring (bicyclic) bond motifs is 1. The molecule has 4 rings (SSSR count). The third-order valence-electron chi connectivity index (χ3n) is 4.48. The number of hydrogen-bond acceptors (Lipinski definition) is 3. The van der Waals surface area contributed by atoms with Crippen LogP contribution in [-0.2, 0) is 13.0 Å². The van der Waals surface area contributed by atoms with Gasteiger partial charge in [-0.2, -0.15) is 0 Å². The Morgan fingerprint density at radius 3 is 2.74 bits per heavy atom. The summed E-state index contributed by atoms with van der Waals surface area (Å²) in [4.78, 5) is 33.9. The minimum absolute atomic E-state index is 0.161. The molecule has 0 unspecified atom stereocenters. The van der Waals surface area contributed by atoms with Crippen molar-refractivity contribution in [3.63, 3.8) is 0 Å². The van der Waals surface area contributed by atoms with E-state index in [1.807, 2.05) is 30.3 Å². The van der Waals surface area contributed by atoms with Crippen molar-refractivity contribution in [3.05, 3.63) is 82.0 Å². The minimum atomic E-state index is -0.425. The van der Waals surface area contributed by atoms with Crippen molar-refractivity contribution in [1.82, 2.24) is 14.9 Å². The Kier molecular flexibility index (Phi) is 4.42. The lowest BCUT2D eigenvalue weighted by atomic mass is 10.1. The fourth-order valence-corrected chi connectivity index (χ4v) is 3.10. The number of hydrogen-bond donors (Lipinski definition) is 2. The number of rotatable bonds is 2. The molecule has 0 spiro atoms. The summed E-state index contributed by atoms with van der Waals surface area (Å²) in [6.07, 6.45) is 0.482. The van der Waals surface area contributed by atoms with Crippen LogP contribution in [0, 0.1) is 5.82 Å². The molecule has 27 heavy (non-hydrogen) atoms. The number of anilines is 1. The predicted octanol–water partition coefficient (Wildman–Crippen LogP) is 3.17. The van der Waals surface area contributed by atoms with Gasteiger partial charge >= 0.3 is 6.03 Å². The van der Waals surface area contributed by atoms with Crippen LogP contribution in [-0.4, -0.2) is 27.4 Å². The van der Waals surface area contributed by atoms with E-state index in [1.165, 1.54) is 23.1 Å². The first-order valence-electron chi connectivity index (χ1n) is 8.59. The van der Waals surface area contributed by atoms with Gasteiger partial charge in [-0.25, -0.2) is 14.2 Å². The summed E-state index contributed by atoms with van der Waals surface area (Å²) in [5.74, 6) is 0.0999. The third-order valence-corrected chi connectivity index (χ3v) is 4.48. The Bertz CT molecular complexity index is 1050. The van der Waals surface area contributed by atoms with E-state index in [2.05, 4.69) is 15.3 Å². The molecular weight excluding hydrogens is 347 g/mol. The smallest absolute Gasteiger partial charge is 0.320 e. The molecule has 1 aromatic heterocycles. The largest absolute Gasteiger partial charge is 0.322 e. The molecule has 0 saturated carbocycles. The van der Waals surface area contributed by atoms with Crippen LogP contribution in [0.4, 0.5) is 14.9 Å². The van der Waals surface area contributed by atoms with Crippen LogP contribution in [0.5, 0.6) is 0 Å². The van der Waals surface area contributed by atoms with Crippen LogP contribution in [0.25, 0.3) is 11.4 Å². The zero-order valence-electron chi connectivity index (χ0n) is 14.4. The summed E-state index contributed by atoms with van der Waals surface area (Å²) in [6, 6.07) is 14.7. The highest BCUT2D eigenvalue weighted by molar-refractivity contribution is 5.89. The highest BCUT2D eigenvalue weighted by atomic mass is 19.1. The number of halogens is 1. The Balaban J connectivity index is 1.55. The maximum atomic E-state index is 13.3. The monoisotopic (exact) mass is 364 g/mol. The predicted molar refractivity (Wildman–Crippen MR) is 99.8 cm³/mol. The van der Waals surface area contributed by atoms with E-state index in [0.29, 0.717) is 35.7 Å². The SMILES string of the molecule is O=C(Nc1cccc(F)c1)N1CCc2nc(-c3ccccc3)[nH]c(=O)c2C1. The second kappa shape index (κ2) is 7.03. The van der Waals surface area contributed by atoms with Gasteiger partial charge in [0.1, 0.15) is 11.6 Å². The van der Waals surface area contributed by atoms with Gasteiger partial charge in [0.05, 0.1) is 17.8 Å². The molecule has 0 bridgehead atoms. The lowest BCUT2D eigenvalue weighted by Gasteiger charge is -2.28.